The Kier molecular flexibility index (Phi) is 5.69. The van der Waals surface area contributed by atoms with Gasteiger partial charge in [-0.05, 0) is 43.5 Å². The van der Waals surface area contributed by atoms with Gasteiger partial charge in [-0.15, -0.1) is 0 Å². The SMILES string of the molecule is N#CC1(c2cc(Nc3nc(NC4CCC(F)(F)C4)nc(-c4cccc(C(F)(F)F)n4)n3)ccn2)CC1. The van der Waals surface area contributed by atoms with Gasteiger partial charge in [0, 0.05) is 30.8 Å². The van der Waals surface area contributed by atoms with Crippen LogP contribution >= 0.6 is 0 Å². The lowest BCUT2D eigenvalue weighted by molar-refractivity contribution is -0.141. The van der Waals surface area contributed by atoms with Crippen molar-refractivity contribution in [1.82, 2.24) is 24.9 Å². The molecule has 2 aliphatic rings. The van der Waals surface area contributed by atoms with Crippen LogP contribution in [0.4, 0.5) is 39.5 Å². The number of rotatable bonds is 6. The monoisotopic (exact) mass is 502 g/mol. The second kappa shape index (κ2) is 8.61. The second-order valence-corrected chi connectivity index (χ2v) is 8.90. The van der Waals surface area contributed by atoms with Gasteiger partial charge in [-0.3, -0.25) is 4.98 Å². The molecule has 186 valence electrons. The minimum absolute atomic E-state index is 0.0366. The van der Waals surface area contributed by atoms with Crippen LogP contribution in [0.2, 0.25) is 0 Å². The molecule has 0 saturated heterocycles. The summed E-state index contributed by atoms with van der Waals surface area (Å²) in [7, 11) is 0. The number of anilines is 3. The lowest BCUT2D eigenvalue weighted by Crippen LogP contribution is -2.21. The zero-order valence-electron chi connectivity index (χ0n) is 18.7. The van der Waals surface area contributed by atoms with Crippen molar-refractivity contribution < 1.29 is 22.0 Å². The first-order valence-corrected chi connectivity index (χ1v) is 11.2. The number of halogens is 5. The number of alkyl halides is 5. The highest BCUT2D eigenvalue weighted by Crippen LogP contribution is 2.47. The van der Waals surface area contributed by atoms with Gasteiger partial charge in [0.1, 0.15) is 11.4 Å². The fourth-order valence-electron chi connectivity index (χ4n) is 4.03. The van der Waals surface area contributed by atoms with Gasteiger partial charge in [-0.2, -0.15) is 33.4 Å². The third kappa shape index (κ3) is 5.02. The summed E-state index contributed by atoms with van der Waals surface area (Å²) >= 11 is 0. The zero-order valence-corrected chi connectivity index (χ0v) is 18.7. The summed E-state index contributed by atoms with van der Waals surface area (Å²) in [5.41, 5.74) is -0.842. The Morgan fingerprint density at radius 1 is 1.00 bits per heavy atom. The number of aromatic nitrogens is 5. The van der Waals surface area contributed by atoms with Crippen molar-refractivity contribution in [3.8, 4) is 17.6 Å². The molecular formula is C23H19F5N8. The lowest BCUT2D eigenvalue weighted by atomic mass is 10.0. The first-order chi connectivity index (χ1) is 17.1. The van der Waals surface area contributed by atoms with Crippen LogP contribution < -0.4 is 10.6 Å². The van der Waals surface area contributed by atoms with Gasteiger partial charge in [-0.25, -0.2) is 13.8 Å². The maximum atomic E-state index is 13.7. The average molecular weight is 502 g/mol. The van der Waals surface area contributed by atoms with Gasteiger partial charge in [0.25, 0.3) is 0 Å². The van der Waals surface area contributed by atoms with Crippen LogP contribution in [0.25, 0.3) is 11.5 Å². The maximum absolute atomic E-state index is 13.7. The fraction of sp³-hybridized carbons (Fsp3) is 0.391. The third-order valence-corrected chi connectivity index (χ3v) is 6.11. The van der Waals surface area contributed by atoms with E-state index < -0.39 is 35.7 Å². The minimum Gasteiger partial charge on any atom is -0.351 e. The first kappa shape index (κ1) is 23.8. The predicted octanol–water partition coefficient (Wildman–Crippen LogP) is 5.25. The van der Waals surface area contributed by atoms with Crippen molar-refractivity contribution in [2.24, 2.45) is 0 Å². The number of nitrogens with one attached hydrogen (secondary N) is 2. The summed E-state index contributed by atoms with van der Waals surface area (Å²) < 4.78 is 67.0. The summed E-state index contributed by atoms with van der Waals surface area (Å²) in [6.07, 6.45) is -2.29. The van der Waals surface area contributed by atoms with E-state index in [2.05, 4.69) is 41.6 Å². The quantitative estimate of drug-likeness (QED) is 0.440. The molecule has 2 aliphatic carbocycles. The molecule has 13 heteroatoms. The molecule has 2 saturated carbocycles. The molecule has 0 bridgehead atoms. The van der Waals surface area contributed by atoms with Gasteiger partial charge in [0.05, 0.1) is 17.2 Å². The number of hydrogen-bond donors (Lipinski definition) is 2. The molecule has 0 aliphatic heterocycles. The number of nitrogens with zero attached hydrogens (tertiary/aromatic N) is 6. The lowest BCUT2D eigenvalue weighted by Gasteiger charge is -2.15. The standard InChI is InChI=1S/C23H19F5N8/c24-22(25)6-4-14(11-22)32-20-35-18(15-2-1-3-16(33-15)23(26,27)28)34-19(36-20)31-13-5-9-30-17(10-13)21(12-29)7-8-21/h1-3,5,9-10,14H,4,6-8,11H2,(H2,30,31,32,34,35,36). The van der Waals surface area contributed by atoms with Gasteiger partial charge >= 0.3 is 6.18 Å². The first-order valence-electron chi connectivity index (χ1n) is 11.2. The predicted molar refractivity (Wildman–Crippen MR) is 118 cm³/mol. The molecule has 1 unspecified atom stereocenters. The van der Waals surface area contributed by atoms with Crippen molar-refractivity contribution in [2.75, 3.05) is 10.6 Å². The summed E-state index contributed by atoms with van der Waals surface area (Å²) in [6, 6.07) is 8.26. The minimum atomic E-state index is -4.67. The summed E-state index contributed by atoms with van der Waals surface area (Å²) in [5, 5.41) is 15.2. The normalized spacial score (nSPS) is 19.9. The van der Waals surface area contributed by atoms with Gasteiger partial charge in [0.2, 0.25) is 17.8 Å². The largest absolute Gasteiger partial charge is 0.433 e. The van der Waals surface area contributed by atoms with Crippen LogP contribution in [-0.2, 0) is 11.6 Å². The Morgan fingerprint density at radius 3 is 2.44 bits per heavy atom. The average Bonchev–Trinajstić information content (AvgIpc) is 3.56. The van der Waals surface area contributed by atoms with Crippen molar-refractivity contribution in [3.63, 3.8) is 0 Å². The highest BCUT2D eigenvalue weighted by molar-refractivity contribution is 5.60. The molecule has 5 rings (SSSR count). The zero-order chi connectivity index (χ0) is 25.6. The molecule has 8 nitrogen and oxygen atoms in total. The van der Waals surface area contributed by atoms with E-state index in [1.165, 1.54) is 18.3 Å². The summed E-state index contributed by atoms with van der Waals surface area (Å²) in [5.74, 6) is -3.10. The van der Waals surface area contributed by atoms with Crippen molar-refractivity contribution in [3.05, 3.63) is 47.9 Å². The summed E-state index contributed by atoms with van der Waals surface area (Å²) in [4.78, 5) is 20.5. The number of pyridine rings is 2. The van der Waals surface area contributed by atoms with E-state index in [4.69, 9.17) is 0 Å². The molecule has 3 heterocycles. The molecule has 0 amide bonds. The van der Waals surface area contributed by atoms with E-state index in [1.54, 1.807) is 12.1 Å². The van der Waals surface area contributed by atoms with Crippen molar-refractivity contribution in [2.45, 2.75) is 55.7 Å². The highest BCUT2D eigenvalue weighted by atomic mass is 19.4. The van der Waals surface area contributed by atoms with Crippen LogP contribution in [-0.4, -0.2) is 36.9 Å². The van der Waals surface area contributed by atoms with Crippen LogP contribution in [0.1, 0.15) is 43.5 Å². The topological polar surface area (TPSA) is 112 Å². The Hall–Kier alpha value is -3.95. The van der Waals surface area contributed by atoms with E-state index in [0.717, 1.165) is 6.07 Å². The third-order valence-electron chi connectivity index (χ3n) is 6.11. The van der Waals surface area contributed by atoms with E-state index in [0.29, 0.717) is 24.2 Å². The van der Waals surface area contributed by atoms with Crippen LogP contribution in [0.15, 0.2) is 36.5 Å². The molecule has 1 atom stereocenters. The molecule has 0 spiro atoms. The molecule has 3 aromatic rings. The molecule has 2 N–H and O–H groups in total. The molecule has 2 fully saturated rings. The van der Waals surface area contributed by atoms with Crippen LogP contribution in [0.5, 0.6) is 0 Å². The second-order valence-electron chi connectivity index (χ2n) is 8.90. The molecular weight excluding hydrogens is 483 g/mol. The Balaban J connectivity index is 1.49. The molecule has 36 heavy (non-hydrogen) atoms. The maximum Gasteiger partial charge on any atom is 0.433 e. The Morgan fingerprint density at radius 2 is 1.78 bits per heavy atom. The number of nitriles is 1. The smallest absolute Gasteiger partial charge is 0.351 e. The van der Waals surface area contributed by atoms with Crippen molar-refractivity contribution >= 4 is 17.6 Å². The Bertz CT molecular complexity index is 1330. The molecule has 0 radical (unpaired) electrons. The van der Waals surface area contributed by atoms with Crippen LogP contribution in [0, 0.1) is 11.3 Å². The summed E-state index contributed by atoms with van der Waals surface area (Å²) in [6.45, 7) is 0. The van der Waals surface area contributed by atoms with E-state index >= 15 is 0 Å². The van der Waals surface area contributed by atoms with Gasteiger partial charge in [0.15, 0.2) is 5.82 Å². The van der Waals surface area contributed by atoms with Crippen LogP contribution in [0.3, 0.4) is 0 Å². The van der Waals surface area contributed by atoms with E-state index in [-0.39, 0.29) is 36.3 Å². The van der Waals surface area contributed by atoms with E-state index in [1.807, 2.05) is 0 Å². The fourth-order valence-corrected chi connectivity index (χ4v) is 4.03. The number of hydrogen-bond acceptors (Lipinski definition) is 8. The van der Waals surface area contributed by atoms with Crippen molar-refractivity contribution in [1.29, 1.82) is 5.26 Å². The van der Waals surface area contributed by atoms with Gasteiger partial charge in [-0.1, -0.05) is 6.07 Å². The van der Waals surface area contributed by atoms with E-state index in [9.17, 15) is 27.2 Å². The highest BCUT2D eigenvalue weighted by Gasteiger charge is 2.46. The molecule has 3 aromatic heterocycles. The Labute approximate surface area is 202 Å². The van der Waals surface area contributed by atoms with Gasteiger partial charge < -0.3 is 10.6 Å². The molecule has 0 aromatic carbocycles.